The second kappa shape index (κ2) is 3.99. The Morgan fingerprint density at radius 1 is 1.40 bits per heavy atom. The van der Waals surface area contributed by atoms with E-state index in [2.05, 4.69) is 0 Å². The zero-order valence-electron chi connectivity index (χ0n) is 6.70. The fourth-order valence-electron chi connectivity index (χ4n) is 0.354. The summed E-state index contributed by atoms with van der Waals surface area (Å²) < 4.78 is 0. The first kappa shape index (κ1) is 12.6. The summed E-state index contributed by atoms with van der Waals surface area (Å²) in [4.78, 5) is 10.2. The third kappa shape index (κ3) is 3.91. The van der Waals surface area contributed by atoms with Gasteiger partial charge in [0.1, 0.15) is 0 Å². The SMILES string of the molecule is CC(C(=O)[O-])C(C)(C)C.[Cu+]. The van der Waals surface area contributed by atoms with Crippen molar-refractivity contribution in [1.82, 2.24) is 0 Å². The second-order valence-corrected chi connectivity index (χ2v) is 3.41. The molecule has 0 spiro atoms. The molecule has 0 heterocycles. The maximum absolute atomic E-state index is 10.2. The van der Waals surface area contributed by atoms with Crippen LogP contribution >= 0.6 is 0 Å². The molecular formula is C7H13CuO2. The van der Waals surface area contributed by atoms with Gasteiger partial charge in [-0.25, -0.2) is 0 Å². The van der Waals surface area contributed by atoms with Crippen molar-refractivity contribution in [3.8, 4) is 0 Å². The van der Waals surface area contributed by atoms with Crippen molar-refractivity contribution < 1.29 is 27.0 Å². The van der Waals surface area contributed by atoms with E-state index in [1.807, 2.05) is 20.8 Å². The van der Waals surface area contributed by atoms with Gasteiger partial charge < -0.3 is 9.90 Å². The molecule has 0 aliphatic heterocycles. The number of carbonyl (C=O) groups is 1. The van der Waals surface area contributed by atoms with Crippen LogP contribution in [0.4, 0.5) is 0 Å². The van der Waals surface area contributed by atoms with Crippen LogP contribution in [0.1, 0.15) is 27.7 Å². The molecule has 3 heteroatoms. The van der Waals surface area contributed by atoms with Crippen LogP contribution in [0.3, 0.4) is 0 Å². The van der Waals surface area contributed by atoms with Crippen molar-refractivity contribution in [1.29, 1.82) is 0 Å². The molecule has 0 N–H and O–H groups in total. The van der Waals surface area contributed by atoms with Crippen molar-refractivity contribution in [3.63, 3.8) is 0 Å². The first-order valence-electron chi connectivity index (χ1n) is 3.06. The Morgan fingerprint density at radius 2 is 1.70 bits per heavy atom. The third-order valence-corrected chi connectivity index (χ3v) is 1.65. The third-order valence-electron chi connectivity index (χ3n) is 1.65. The fraction of sp³-hybridized carbons (Fsp3) is 0.857. The molecule has 1 unspecified atom stereocenters. The van der Waals surface area contributed by atoms with E-state index < -0.39 is 5.97 Å². The van der Waals surface area contributed by atoms with Crippen molar-refractivity contribution >= 4 is 5.97 Å². The summed E-state index contributed by atoms with van der Waals surface area (Å²) >= 11 is 0. The maximum atomic E-state index is 10.2. The van der Waals surface area contributed by atoms with Crippen LogP contribution in [0.15, 0.2) is 0 Å². The van der Waals surface area contributed by atoms with Crippen molar-refractivity contribution in [2.24, 2.45) is 11.3 Å². The Hall–Kier alpha value is -0.0105. The predicted octanol–water partition coefficient (Wildman–Crippen LogP) is 0.416. The van der Waals surface area contributed by atoms with E-state index in [1.54, 1.807) is 6.92 Å². The number of carboxylic acids is 1. The normalized spacial score (nSPS) is 13.6. The molecule has 0 aromatic rings. The minimum absolute atomic E-state index is 0. The van der Waals surface area contributed by atoms with E-state index in [0.717, 1.165) is 0 Å². The topological polar surface area (TPSA) is 40.1 Å². The van der Waals surface area contributed by atoms with Crippen LogP contribution in [0, 0.1) is 11.3 Å². The Bertz CT molecular complexity index is 115. The fourth-order valence-corrected chi connectivity index (χ4v) is 0.354. The number of carboxylic acid groups (broad SMARTS) is 1. The summed E-state index contributed by atoms with van der Waals surface area (Å²) in [5.74, 6) is -1.35. The molecule has 2 nitrogen and oxygen atoms in total. The summed E-state index contributed by atoms with van der Waals surface area (Å²) in [5, 5.41) is 10.2. The number of hydrogen-bond acceptors (Lipinski definition) is 2. The van der Waals surface area contributed by atoms with Crippen molar-refractivity contribution in [2.45, 2.75) is 27.7 Å². The number of hydrogen-bond donors (Lipinski definition) is 0. The standard InChI is InChI=1S/C7H14O2.Cu/c1-5(6(8)9)7(2,3)4;/h5H,1-4H3,(H,8,9);/q;+1/p-1. The molecule has 10 heavy (non-hydrogen) atoms. The van der Waals surface area contributed by atoms with E-state index in [-0.39, 0.29) is 28.4 Å². The number of rotatable bonds is 1. The number of carbonyl (C=O) groups excluding carboxylic acids is 1. The minimum Gasteiger partial charge on any atom is -0.550 e. The predicted molar refractivity (Wildman–Crippen MR) is 33.6 cm³/mol. The second-order valence-electron chi connectivity index (χ2n) is 3.41. The van der Waals surface area contributed by atoms with Gasteiger partial charge in [-0.05, 0) is 5.41 Å². The van der Waals surface area contributed by atoms with E-state index in [9.17, 15) is 9.90 Å². The molecule has 0 aromatic heterocycles. The molecular weight excluding hydrogens is 180 g/mol. The van der Waals surface area contributed by atoms with Gasteiger partial charge in [0.2, 0.25) is 0 Å². The van der Waals surface area contributed by atoms with E-state index in [1.165, 1.54) is 0 Å². The molecule has 0 saturated heterocycles. The molecule has 0 bridgehead atoms. The van der Waals surface area contributed by atoms with Gasteiger partial charge in [-0.2, -0.15) is 0 Å². The monoisotopic (exact) mass is 192 g/mol. The Balaban J connectivity index is 0. The van der Waals surface area contributed by atoms with Gasteiger partial charge >= 0.3 is 17.1 Å². The average Bonchev–Trinajstić information content (AvgIpc) is 1.62. The van der Waals surface area contributed by atoms with Crippen LogP contribution in [-0.4, -0.2) is 5.97 Å². The van der Waals surface area contributed by atoms with Crippen molar-refractivity contribution in [3.05, 3.63) is 0 Å². The summed E-state index contributed by atoms with van der Waals surface area (Å²) in [7, 11) is 0. The van der Waals surface area contributed by atoms with Crippen molar-refractivity contribution in [2.75, 3.05) is 0 Å². The van der Waals surface area contributed by atoms with Gasteiger partial charge in [0.15, 0.2) is 0 Å². The number of aliphatic carboxylic acids is 1. The summed E-state index contributed by atoms with van der Waals surface area (Å²) in [5.41, 5.74) is -0.182. The van der Waals surface area contributed by atoms with E-state index in [4.69, 9.17) is 0 Å². The van der Waals surface area contributed by atoms with Crippen LogP contribution in [-0.2, 0) is 21.9 Å². The zero-order chi connectivity index (χ0) is 7.65. The Kier molecular flexibility index (Phi) is 5.05. The molecule has 64 valence electrons. The molecule has 0 amide bonds. The van der Waals surface area contributed by atoms with Crippen LogP contribution in [0.25, 0.3) is 0 Å². The molecule has 0 aliphatic carbocycles. The zero-order valence-corrected chi connectivity index (χ0v) is 7.64. The van der Waals surface area contributed by atoms with E-state index in [0.29, 0.717) is 0 Å². The molecule has 0 fully saturated rings. The molecule has 0 aliphatic rings. The molecule has 1 atom stereocenters. The smallest absolute Gasteiger partial charge is 0.550 e. The van der Waals surface area contributed by atoms with Crippen LogP contribution in [0.2, 0.25) is 0 Å². The Morgan fingerprint density at radius 3 is 1.70 bits per heavy atom. The molecule has 0 saturated carbocycles. The molecule has 0 radical (unpaired) electrons. The first-order chi connectivity index (χ1) is 3.85. The summed E-state index contributed by atoms with van der Waals surface area (Å²) in [6, 6.07) is 0. The quantitative estimate of drug-likeness (QED) is 0.565. The Labute approximate surface area is 72.5 Å². The molecule has 0 rings (SSSR count). The van der Waals surface area contributed by atoms with Gasteiger partial charge in [-0.3, -0.25) is 0 Å². The molecule has 0 aromatic carbocycles. The summed E-state index contributed by atoms with van der Waals surface area (Å²) in [6.07, 6.45) is 0. The largest absolute Gasteiger partial charge is 1.00 e. The van der Waals surface area contributed by atoms with Crippen LogP contribution in [0.5, 0.6) is 0 Å². The van der Waals surface area contributed by atoms with Gasteiger partial charge in [0, 0.05) is 11.9 Å². The minimum atomic E-state index is -0.970. The van der Waals surface area contributed by atoms with Gasteiger partial charge in [-0.1, -0.05) is 27.7 Å². The van der Waals surface area contributed by atoms with Gasteiger partial charge in [-0.15, -0.1) is 0 Å². The maximum Gasteiger partial charge on any atom is 1.00 e. The van der Waals surface area contributed by atoms with Crippen LogP contribution < -0.4 is 5.11 Å². The first-order valence-corrected chi connectivity index (χ1v) is 3.06. The van der Waals surface area contributed by atoms with Gasteiger partial charge in [0.25, 0.3) is 0 Å². The summed E-state index contributed by atoms with van der Waals surface area (Å²) in [6.45, 7) is 7.31. The van der Waals surface area contributed by atoms with Gasteiger partial charge in [0.05, 0.1) is 0 Å². The average molecular weight is 193 g/mol. The van der Waals surface area contributed by atoms with E-state index >= 15 is 0 Å².